The Morgan fingerprint density at radius 1 is 1.45 bits per heavy atom. The second-order valence-corrected chi connectivity index (χ2v) is 2.37. The molecule has 0 bridgehead atoms. The summed E-state index contributed by atoms with van der Waals surface area (Å²) in [6.07, 6.45) is 1.57. The third-order valence-electron chi connectivity index (χ3n) is 1.26. The zero-order valence-corrected chi connectivity index (χ0v) is 6.21. The highest BCUT2D eigenvalue weighted by atomic mass is 35.5. The first-order chi connectivity index (χ1) is 5.36. The number of halogens is 1. The standard InChI is InChI=1S/C7H4ClNO2/c8-7-4-5(9-11-7)6-2-1-3-10-6/h1-4H. The molecule has 11 heavy (non-hydrogen) atoms. The molecule has 0 fully saturated rings. The van der Waals surface area contributed by atoms with Crippen LogP contribution in [0, 0.1) is 0 Å². The number of rotatable bonds is 1. The van der Waals surface area contributed by atoms with Crippen LogP contribution in [0.15, 0.2) is 33.4 Å². The Kier molecular flexibility index (Phi) is 1.43. The van der Waals surface area contributed by atoms with Gasteiger partial charge in [-0.05, 0) is 23.7 Å². The van der Waals surface area contributed by atoms with E-state index in [4.69, 9.17) is 16.0 Å². The van der Waals surface area contributed by atoms with Crippen molar-refractivity contribution < 1.29 is 8.94 Å². The monoisotopic (exact) mass is 169 g/mol. The summed E-state index contributed by atoms with van der Waals surface area (Å²) in [5.74, 6) is 0.653. The second kappa shape index (κ2) is 2.43. The number of hydrogen-bond acceptors (Lipinski definition) is 3. The Morgan fingerprint density at radius 3 is 2.91 bits per heavy atom. The molecular weight excluding hydrogens is 166 g/mol. The summed E-state index contributed by atoms with van der Waals surface area (Å²) in [6.45, 7) is 0. The molecule has 0 N–H and O–H groups in total. The van der Waals surface area contributed by atoms with Gasteiger partial charge in [-0.25, -0.2) is 0 Å². The van der Waals surface area contributed by atoms with Crippen molar-refractivity contribution in [1.29, 1.82) is 0 Å². The van der Waals surface area contributed by atoms with Crippen LogP contribution in [-0.2, 0) is 0 Å². The Morgan fingerprint density at radius 2 is 2.36 bits per heavy atom. The van der Waals surface area contributed by atoms with Crippen molar-refractivity contribution in [3.05, 3.63) is 29.7 Å². The highest BCUT2D eigenvalue weighted by Gasteiger charge is 2.05. The SMILES string of the molecule is Clc1cc(-c2ccco2)no1. The van der Waals surface area contributed by atoms with Gasteiger partial charge in [-0.15, -0.1) is 0 Å². The predicted octanol–water partition coefficient (Wildman–Crippen LogP) is 2.59. The predicted molar refractivity (Wildman–Crippen MR) is 39.2 cm³/mol. The molecular formula is C7H4ClNO2. The van der Waals surface area contributed by atoms with Crippen LogP contribution in [0.25, 0.3) is 11.5 Å². The summed E-state index contributed by atoms with van der Waals surface area (Å²) >= 11 is 5.51. The maximum Gasteiger partial charge on any atom is 0.226 e. The fraction of sp³-hybridized carbons (Fsp3) is 0. The lowest BCUT2D eigenvalue weighted by Crippen LogP contribution is -1.68. The molecule has 2 heterocycles. The summed E-state index contributed by atoms with van der Waals surface area (Å²) in [7, 11) is 0. The second-order valence-electron chi connectivity index (χ2n) is 1.99. The van der Waals surface area contributed by atoms with E-state index < -0.39 is 0 Å². The molecule has 0 amide bonds. The lowest BCUT2D eigenvalue weighted by molar-refractivity contribution is 0.421. The fourth-order valence-electron chi connectivity index (χ4n) is 0.793. The van der Waals surface area contributed by atoms with Gasteiger partial charge in [0.05, 0.1) is 6.26 Å². The number of aromatic nitrogens is 1. The van der Waals surface area contributed by atoms with Crippen LogP contribution in [0.3, 0.4) is 0 Å². The van der Waals surface area contributed by atoms with Gasteiger partial charge >= 0.3 is 0 Å². The van der Waals surface area contributed by atoms with Gasteiger partial charge in [0, 0.05) is 6.07 Å². The minimum atomic E-state index is 0.261. The van der Waals surface area contributed by atoms with E-state index in [1.807, 2.05) is 0 Å². The molecule has 3 nitrogen and oxygen atoms in total. The largest absolute Gasteiger partial charge is 0.463 e. The van der Waals surface area contributed by atoms with Gasteiger partial charge in [-0.2, -0.15) is 0 Å². The normalized spacial score (nSPS) is 10.3. The molecule has 0 spiro atoms. The lowest BCUT2D eigenvalue weighted by Gasteiger charge is -1.81. The highest BCUT2D eigenvalue weighted by molar-refractivity contribution is 6.29. The summed E-state index contributed by atoms with van der Waals surface area (Å²) in [5.41, 5.74) is 0.611. The van der Waals surface area contributed by atoms with Crippen LogP contribution in [0.4, 0.5) is 0 Å². The van der Waals surface area contributed by atoms with Gasteiger partial charge < -0.3 is 8.94 Å². The molecule has 56 valence electrons. The minimum Gasteiger partial charge on any atom is -0.463 e. The van der Waals surface area contributed by atoms with E-state index in [9.17, 15) is 0 Å². The zero-order chi connectivity index (χ0) is 7.68. The highest BCUT2D eigenvalue weighted by Crippen LogP contribution is 2.21. The van der Waals surface area contributed by atoms with Crippen molar-refractivity contribution >= 4 is 11.6 Å². The molecule has 0 aromatic carbocycles. The molecule has 0 saturated heterocycles. The van der Waals surface area contributed by atoms with Gasteiger partial charge in [-0.1, -0.05) is 5.16 Å². The quantitative estimate of drug-likeness (QED) is 0.659. The van der Waals surface area contributed by atoms with Crippen molar-refractivity contribution in [2.75, 3.05) is 0 Å². The molecule has 0 unspecified atom stereocenters. The molecule has 0 radical (unpaired) electrons. The van der Waals surface area contributed by atoms with Crippen LogP contribution < -0.4 is 0 Å². The summed E-state index contributed by atoms with van der Waals surface area (Å²) < 4.78 is 9.70. The topological polar surface area (TPSA) is 39.2 Å². The smallest absolute Gasteiger partial charge is 0.226 e. The van der Waals surface area contributed by atoms with Gasteiger partial charge in [-0.3, -0.25) is 0 Å². The van der Waals surface area contributed by atoms with Gasteiger partial charge in [0.1, 0.15) is 0 Å². The summed E-state index contributed by atoms with van der Waals surface area (Å²) in [5, 5.41) is 3.92. The van der Waals surface area contributed by atoms with Crippen molar-refractivity contribution in [2.24, 2.45) is 0 Å². The maximum absolute atomic E-state index is 5.51. The van der Waals surface area contributed by atoms with Gasteiger partial charge in [0.25, 0.3) is 0 Å². The van der Waals surface area contributed by atoms with Crippen molar-refractivity contribution in [1.82, 2.24) is 5.16 Å². The Balaban J connectivity index is 2.45. The average Bonchev–Trinajstić information content (AvgIpc) is 2.55. The summed E-state index contributed by atoms with van der Waals surface area (Å²) in [6, 6.07) is 5.16. The third kappa shape index (κ3) is 1.14. The van der Waals surface area contributed by atoms with Crippen LogP contribution in [-0.4, -0.2) is 5.16 Å². The first-order valence-corrected chi connectivity index (χ1v) is 3.40. The van der Waals surface area contributed by atoms with E-state index in [1.54, 1.807) is 24.5 Å². The van der Waals surface area contributed by atoms with Gasteiger partial charge in [0.2, 0.25) is 5.22 Å². The number of nitrogens with zero attached hydrogens (tertiary/aromatic N) is 1. The molecule has 2 aromatic heterocycles. The maximum atomic E-state index is 5.51. The molecule has 0 saturated carbocycles. The van der Waals surface area contributed by atoms with E-state index in [0.717, 1.165) is 0 Å². The molecule has 4 heteroatoms. The summed E-state index contributed by atoms with van der Waals surface area (Å²) in [4.78, 5) is 0. The van der Waals surface area contributed by atoms with Crippen LogP contribution in [0.2, 0.25) is 5.22 Å². The van der Waals surface area contributed by atoms with Crippen molar-refractivity contribution in [3.63, 3.8) is 0 Å². The van der Waals surface area contributed by atoms with Gasteiger partial charge in [0.15, 0.2) is 11.5 Å². The first kappa shape index (κ1) is 6.49. The molecule has 0 aliphatic carbocycles. The van der Waals surface area contributed by atoms with E-state index >= 15 is 0 Å². The Labute approximate surface area is 67.6 Å². The van der Waals surface area contributed by atoms with Crippen molar-refractivity contribution in [3.8, 4) is 11.5 Å². The number of hydrogen-bond donors (Lipinski definition) is 0. The molecule has 0 aliphatic heterocycles. The Hall–Kier alpha value is -1.22. The molecule has 0 atom stereocenters. The third-order valence-corrected chi connectivity index (χ3v) is 1.43. The van der Waals surface area contributed by atoms with E-state index in [2.05, 4.69) is 9.68 Å². The molecule has 2 rings (SSSR count). The number of furan rings is 1. The van der Waals surface area contributed by atoms with E-state index in [0.29, 0.717) is 11.5 Å². The van der Waals surface area contributed by atoms with Crippen LogP contribution in [0.1, 0.15) is 0 Å². The van der Waals surface area contributed by atoms with E-state index in [-0.39, 0.29) is 5.22 Å². The fourth-order valence-corrected chi connectivity index (χ4v) is 0.931. The molecule has 2 aromatic rings. The Bertz CT molecular complexity index is 339. The lowest BCUT2D eigenvalue weighted by atomic mass is 10.3. The van der Waals surface area contributed by atoms with Crippen LogP contribution >= 0.6 is 11.6 Å². The molecule has 0 aliphatic rings. The minimum absolute atomic E-state index is 0.261. The van der Waals surface area contributed by atoms with Crippen LogP contribution in [0.5, 0.6) is 0 Å². The van der Waals surface area contributed by atoms with E-state index in [1.165, 1.54) is 0 Å². The first-order valence-electron chi connectivity index (χ1n) is 3.02. The zero-order valence-electron chi connectivity index (χ0n) is 5.45. The average molecular weight is 170 g/mol. The van der Waals surface area contributed by atoms with Crippen molar-refractivity contribution in [2.45, 2.75) is 0 Å².